The lowest BCUT2D eigenvalue weighted by molar-refractivity contribution is -0.130. The summed E-state index contributed by atoms with van der Waals surface area (Å²) in [4.78, 5) is 28.4. The number of β-lactam (4-membered cyclic amide) rings is 1. The summed E-state index contributed by atoms with van der Waals surface area (Å²) < 4.78 is 19.6. The number of carbonyl (C=O) groups is 2. The Labute approximate surface area is 233 Å². The van der Waals surface area contributed by atoms with Crippen molar-refractivity contribution in [1.29, 1.82) is 0 Å². The fourth-order valence-corrected chi connectivity index (χ4v) is 5.48. The van der Waals surface area contributed by atoms with E-state index in [1.165, 1.54) is 12.1 Å². The second-order valence-electron chi connectivity index (χ2n) is 10.1. The second kappa shape index (κ2) is 11.1. The van der Waals surface area contributed by atoms with Gasteiger partial charge in [0.15, 0.2) is 5.78 Å². The molecule has 3 aromatic carbocycles. The minimum atomic E-state index is -0.359. The highest BCUT2D eigenvalue weighted by molar-refractivity contribution is 6.05. The van der Waals surface area contributed by atoms with Crippen LogP contribution in [-0.4, -0.2) is 11.7 Å². The van der Waals surface area contributed by atoms with Gasteiger partial charge >= 0.3 is 0 Å². The lowest BCUT2D eigenvalue weighted by Crippen LogP contribution is -2.55. The van der Waals surface area contributed by atoms with E-state index in [0.29, 0.717) is 24.3 Å². The summed E-state index contributed by atoms with van der Waals surface area (Å²) in [6.45, 7) is 0.461. The SMILES string of the molecule is O=C(CC[C@H]1C(=O)N(c2ccc(F)cc2)[C@@H]1c1ccc(OCc2ccccc2)cc1)c1ccc2cccccc1-2. The summed E-state index contributed by atoms with van der Waals surface area (Å²) >= 11 is 0. The molecule has 6 rings (SSSR count). The minimum Gasteiger partial charge on any atom is -0.489 e. The van der Waals surface area contributed by atoms with E-state index in [9.17, 15) is 14.0 Å². The highest BCUT2D eigenvalue weighted by Crippen LogP contribution is 2.46. The number of halogens is 1. The Morgan fingerprint density at radius 2 is 1.48 bits per heavy atom. The van der Waals surface area contributed by atoms with E-state index in [1.807, 2.05) is 97.1 Å². The van der Waals surface area contributed by atoms with Crippen LogP contribution in [0.1, 0.15) is 40.4 Å². The summed E-state index contributed by atoms with van der Waals surface area (Å²) in [5.41, 5.74) is 5.28. The molecule has 0 unspecified atom stereocenters. The van der Waals surface area contributed by atoms with Gasteiger partial charge < -0.3 is 9.64 Å². The summed E-state index contributed by atoms with van der Waals surface area (Å²) in [6, 6.07) is 37.0. The molecule has 1 saturated heterocycles. The van der Waals surface area contributed by atoms with E-state index in [0.717, 1.165) is 28.0 Å². The minimum absolute atomic E-state index is 0.0256. The molecule has 5 heteroatoms. The summed E-state index contributed by atoms with van der Waals surface area (Å²) in [6.07, 6.45) is 0.693. The number of ether oxygens (including phenoxy) is 1. The van der Waals surface area contributed by atoms with Gasteiger partial charge in [0.1, 0.15) is 18.2 Å². The molecule has 2 atom stereocenters. The van der Waals surface area contributed by atoms with Crippen LogP contribution in [0, 0.1) is 11.7 Å². The third kappa shape index (κ3) is 5.10. The number of rotatable bonds is 9. The van der Waals surface area contributed by atoms with Crippen molar-refractivity contribution in [2.24, 2.45) is 5.92 Å². The first-order valence-electron chi connectivity index (χ1n) is 13.4. The molecule has 0 aromatic heterocycles. The van der Waals surface area contributed by atoms with Gasteiger partial charge in [0.2, 0.25) is 5.91 Å². The van der Waals surface area contributed by atoms with Crippen LogP contribution in [0.2, 0.25) is 0 Å². The predicted octanol–water partition coefficient (Wildman–Crippen LogP) is 7.88. The number of nitrogens with zero attached hydrogens (tertiary/aromatic N) is 1. The Morgan fingerprint density at radius 3 is 2.23 bits per heavy atom. The number of ketones is 1. The van der Waals surface area contributed by atoms with E-state index in [2.05, 4.69) is 0 Å². The Hall–Kier alpha value is -4.77. The quantitative estimate of drug-likeness (QED) is 0.144. The van der Waals surface area contributed by atoms with Gasteiger partial charge in [0.05, 0.1) is 12.0 Å². The number of hydrogen-bond donors (Lipinski definition) is 0. The zero-order chi connectivity index (χ0) is 27.5. The number of benzene rings is 3. The first-order valence-corrected chi connectivity index (χ1v) is 13.4. The monoisotopic (exact) mass is 529 g/mol. The van der Waals surface area contributed by atoms with Crippen molar-refractivity contribution in [3.8, 4) is 16.9 Å². The molecule has 3 aromatic rings. The number of hydrogen-bond acceptors (Lipinski definition) is 3. The molecule has 1 fully saturated rings. The molecule has 198 valence electrons. The molecule has 0 radical (unpaired) electrons. The lowest BCUT2D eigenvalue weighted by atomic mass is 9.78. The number of amides is 1. The fourth-order valence-electron chi connectivity index (χ4n) is 5.48. The van der Waals surface area contributed by atoms with Crippen LogP contribution in [0.4, 0.5) is 10.1 Å². The third-order valence-electron chi connectivity index (χ3n) is 7.56. The summed E-state index contributed by atoms with van der Waals surface area (Å²) in [5.74, 6) is -0.0205. The van der Waals surface area contributed by atoms with E-state index in [1.54, 1.807) is 17.0 Å². The Morgan fingerprint density at radius 1 is 0.775 bits per heavy atom. The first-order chi connectivity index (χ1) is 19.6. The van der Waals surface area contributed by atoms with Gasteiger partial charge in [-0.15, -0.1) is 0 Å². The van der Waals surface area contributed by atoms with Crippen molar-refractivity contribution in [2.75, 3.05) is 4.90 Å². The van der Waals surface area contributed by atoms with Crippen LogP contribution in [-0.2, 0) is 11.4 Å². The van der Waals surface area contributed by atoms with Gasteiger partial charge in [-0.2, -0.15) is 0 Å². The van der Waals surface area contributed by atoms with Gasteiger partial charge in [-0.3, -0.25) is 9.59 Å². The average Bonchev–Trinajstić information content (AvgIpc) is 3.24. The number of anilines is 1. The van der Waals surface area contributed by atoms with Gasteiger partial charge in [0.25, 0.3) is 0 Å². The molecule has 1 heterocycles. The normalized spacial score (nSPS) is 16.5. The Bertz CT molecular complexity index is 1600. The number of fused-ring (bicyclic) bond motifs is 1. The topological polar surface area (TPSA) is 46.6 Å². The van der Waals surface area contributed by atoms with Crippen LogP contribution >= 0.6 is 0 Å². The third-order valence-corrected chi connectivity index (χ3v) is 7.56. The maximum absolute atomic E-state index is 13.6. The standard InChI is InChI=1S/C35H28FNO3/c36-27-14-16-28(17-15-27)37-34(26-11-18-29(19-12-26)40-23-24-7-3-1-4-8-24)32(35(37)39)21-22-33(38)31-20-13-25-9-5-2-6-10-30(25)31/h1-20,32,34H,21-23H2/t32-,34-/m1/s1. The second-order valence-corrected chi connectivity index (χ2v) is 10.1. The molecule has 2 aliphatic carbocycles. The van der Waals surface area contributed by atoms with Crippen molar-refractivity contribution in [1.82, 2.24) is 0 Å². The van der Waals surface area contributed by atoms with Gasteiger partial charge in [-0.25, -0.2) is 4.39 Å². The van der Waals surface area contributed by atoms with Crippen molar-refractivity contribution in [2.45, 2.75) is 25.5 Å². The Balaban J connectivity index is 1.20. The maximum atomic E-state index is 13.6. The molecule has 1 amide bonds. The van der Waals surface area contributed by atoms with E-state index < -0.39 is 0 Å². The molecule has 1 aliphatic heterocycles. The van der Waals surface area contributed by atoms with E-state index in [-0.39, 0.29) is 35.9 Å². The van der Waals surface area contributed by atoms with Crippen LogP contribution in [0.3, 0.4) is 0 Å². The van der Waals surface area contributed by atoms with Gasteiger partial charge in [0, 0.05) is 17.7 Å². The molecule has 4 nitrogen and oxygen atoms in total. The molecule has 0 bridgehead atoms. The maximum Gasteiger partial charge on any atom is 0.233 e. The fraction of sp³-hybridized carbons (Fsp3) is 0.143. The molecular weight excluding hydrogens is 501 g/mol. The molecule has 40 heavy (non-hydrogen) atoms. The summed E-state index contributed by atoms with van der Waals surface area (Å²) in [5, 5.41) is 0. The lowest BCUT2D eigenvalue weighted by Gasteiger charge is -2.47. The van der Waals surface area contributed by atoms with Crippen LogP contribution in [0.5, 0.6) is 5.75 Å². The molecule has 3 aliphatic rings. The predicted molar refractivity (Wildman–Crippen MR) is 154 cm³/mol. The van der Waals surface area contributed by atoms with Crippen molar-refractivity contribution in [3.63, 3.8) is 0 Å². The van der Waals surface area contributed by atoms with E-state index in [4.69, 9.17) is 4.74 Å². The highest BCUT2D eigenvalue weighted by Gasteiger charge is 2.48. The van der Waals surface area contributed by atoms with Crippen LogP contribution in [0.15, 0.2) is 121 Å². The van der Waals surface area contributed by atoms with Gasteiger partial charge in [-0.1, -0.05) is 84.9 Å². The number of Topliss-reactive ketones (excluding diaryl/α,β-unsaturated/α-hetero) is 1. The van der Waals surface area contributed by atoms with Crippen molar-refractivity contribution in [3.05, 3.63) is 144 Å². The van der Waals surface area contributed by atoms with Crippen LogP contribution < -0.4 is 9.64 Å². The van der Waals surface area contributed by atoms with E-state index >= 15 is 0 Å². The van der Waals surface area contributed by atoms with Crippen LogP contribution in [0.25, 0.3) is 11.1 Å². The van der Waals surface area contributed by atoms with Gasteiger partial charge in [-0.05, 0) is 65.1 Å². The smallest absolute Gasteiger partial charge is 0.233 e. The molecule has 0 N–H and O–H groups in total. The Kier molecular flexibility index (Phi) is 7.11. The first kappa shape index (κ1) is 25.5. The molecule has 0 saturated carbocycles. The largest absolute Gasteiger partial charge is 0.489 e. The number of carbonyl (C=O) groups excluding carboxylic acids is 2. The highest BCUT2D eigenvalue weighted by atomic mass is 19.1. The van der Waals surface area contributed by atoms with Crippen molar-refractivity contribution < 1.29 is 18.7 Å². The van der Waals surface area contributed by atoms with Crippen molar-refractivity contribution >= 4 is 17.4 Å². The zero-order valence-corrected chi connectivity index (χ0v) is 21.9. The molecule has 0 spiro atoms. The zero-order valence-electron chi connectivity index (χ0n) is 21.9. The average molecular weight is 530 g/mol. The summed E-state index contributed by atoms with van der Waals surface area (Å²) in [7, 11) is 0. The molecular formula is C35H28FNO3.